The molecule has 2 aromatic rings. The molecular formula is C24H30O2. The molecule has 0 saturated carbocycles. The first kappa shape index (κ1) is 18.7. The molecule has 2 heteroatoms. The van der Waals surface area contributed by atoms with Crippen LogP contribution in [-0.2, 0) is 22.4 Å². The van der Waals surface area contributed by atoms with Crippen LogP contribution in [0, 0.1) is 53.4 Å². The van der Waals surface area contributed by atoms with Crippen molar-refractivity contribution < 1.29 is 9.53 Å². The molecule has 0 bridgehead atoms. The summed E-state index contributed by atoms with van der Waals surface area (Å²) in [4.78, 5) is 12.5. The summed E-state index contributed by atoms with van der Waals surface area (Å²) < 4.78 is 5.49. The van der Waals surface area contributed by atoms with E-state index in [1.54, 1.807) is 0 Å². The number of cyclic esters (lactones) is 1. The molecule has 2 nitrogen and oxygen atoms in total. The number of hydrogen-bond acceptors (Lipinski definition) is 2. The molecule has 2 aromatic carbocycles. The summed E-state index contributed by atoms with van der Waals surface area (Å²) >= 11 is 0. The van der Waals surface area contributed by atoms with Gasteiger partial charge in [-0.3, -0.25) is 4.79 Å². The number of carbonyl (C=O) groups excluding carboxylic acids is 1. The Hall–Kier alpha value is -2.09. The average Bonchev–Trinajstić information content (AvgIpc) is 2.86. The summed E-state index contributed by atoms with van der Waals surface area (Å²) in [5.74, 6) is 0.176. The molecule has 3 rings (SSSR count). The molecule has 26 heavy (non-hydrogen) atoms. The normalized spacial score (nSPS) is 19.7. The maximum Gasteiger partial charge on any atom is 0.309 e. The number of rotatable bonds is 4. The summed E-state index contributed by atoms with van der Waals surface area (Å²) in [7, 11) is 0. The second-order valence-corrected chi connectivity index (χ2v) is 8.16. The van der Waals surface area contributed by atoms with Crippen molar-refractivity contribution in [1.82, 2.24) is 0 Å². The lowest BCUT2D eigenvalue weighted by molar-refractivity contribution is -0.141. The van der Waals surface area contributed by atoms with Gasteiger partial charge in [0.1, 0.15) is 0 Å². The van der Waals surface area contributed by atoms with Gasteiger partial charge in [-0.2, -0.15) is 0 Å². The lowest BCUT2D eigenvalue weighted by Crippen LogP contribution is -2.22. The second kappa shape index (κ2) is 7.26. The van der Waals surface area contributed by atoms with Crippen LogP contribution in [0.25, 0.3) is 0 Å². The van der Waals surface area contributed by atoms with Crippen molar-refractivity contribution in [3.05, 3.63) is 68.8 Å². The van der Waals surface area contributed by atoms with Crippen LogP contribution in [0.5, 0.6) is 0 Å². The molecule has 0 aromatic heterocycles. The van der Waals surface area contributed by atoms with Gasteiger partial charge in [0, 0.05) is 5.92 Å². The summed E-state index contributed by atoms with van der Waals surface area (Å²) in [6.07, 6.45) is 1.70. The highest BCUT2D eigenvalue weighted by Crippen LogP contribution is 2.33. The first-order valence-corrected chi connectivity index (χ1v) is 9.56. The summed E-state index contributed by atoms with van der Waals surface area (Å²) in [6, 6.07) is 8.91. The van der Waals surface area contributed by atoms with E-state index in [0.717, 1.165) is 12.8 Å². The van der Waals surface area contributed by atoms with Crippen LogP contribution in [0.15, 0.2) is 24.3 Å². The summed E-state index contributed by atoms with van der Waals surface area (Å²) in [5.41, 5.74) is 10.5. The first-order chi connectivity index (χ1) is 12.3. The molecule has 1 heterocycles. The zero-order chi connectivity index (χ0) is 19.0. The molecule has 1 fully saturated rings. The van der Waals surface area contributed by atoms with E-state index < -0.39 is 0 Å². The molecule has 0 amide bonds. The topological polar surface area (TPSA) is 26.3 Å². The fraction of sp³-hybridized carbons (Fsp3) is 0.458. The Morgan fingerprint density at radius 1 is 0.769 bits per heavy atom. The van der Waals surface area contributed by atoms with Crippen LogP contribution in [0.2, 0.25) is 0 Å². The number of aryl methyl sites for hydroxylation is 6. The number of benzene rings is 2. The van der Waals surface area contributed by atoms with Gasteiger partial charge in [0.15, 0.2) is 0 Å². The van der Waals surface area contributed by atoms with Crippen molar-refractivity contribution >= 4 is 5.97 Å². The maximum absolute atomic E-state index is 12.5. The maximum atomic E-state index is 12.5. The number of ether oxygens (including phenoxy) is 1. The van der Waals surface area contributed by atoms with Crippen molar-refractivity contribution in [1.29, 1.82) is 0 Å². The van der Waals surface area contributed by atoms with Crippen molar-refractivity contribution in [2.75, 3.05) is 6.61 Å². The van der Waals surface area contributed by atoms with Crippen LogP contribution >= 0.6 is 0 Å². The van der Waals surface area contributed by atoms with Gasteiger partial charge >= 0.3 is 5.97 Å². The minimum atomic E-state index is -0.0461. The first-order valence-electron chi connectivity index (χ1n) is 9.56. The van der Waals surface area contributed by atoms with Crippen LogP contribution < -0.4 is 0 Å². The molecule has 2 atom stereocenters. The predicted molar refractivity (Wildman–Crippen MR) is 107 cm³/mol. The lowest BCUT2D eigenvalue weighted by atomic mass is 9.81. The van der Waals surface area contributed by atoms with E-state index in [9.17, 15) is 4.79 Å². The quantitative estimate of drug-likeness (QED) is 0.716. The predicted octanol–water partition coefficient (Wildman–Crippen LogP) is 5.11. The average molecular weight is 351 g/mol. The van der Waals surface area contributed by atoms with Crippen LogP contribution in [0.4, 0.5) is 0 Å². The van der Waals surface area contributed by atoms with Gasteiger partial charge in [-0.1, -0.05) is 35.4 Å². The Morgan fingerprint density at radius 3 is 1.65 bits per heavy atom. The van der Waals surface area contributed by atoms with Gasteiger partial charge in [-0.25, -0.2) is 0 Å². The Labute approximate surface area is 157 Å². The molecule has 0 spiro atoms. The third-order valence-corrected chi connectivity index (χ3v) is 5.88. The van der Waals surface area contributed by atoms with Crippen molar-refractivity contribution in [3.63, 3.8) is 0 Å². The fourth-order valence-electron chi connectivity index (χ4n) is 4.60. The second-order valence-electron chi connectivity index (χ2n) is 8.16. The van der Waals surface area contributed by atoms with Crippen molar-refractivity contribution in [2.45, 2.75) is 54.4 Å². The highest BCUT2D eigenvalue weighted by atomic mass is 16.5. The highest BCUT2D eigenvalue weighted by molar-refractivity contribution is 5.75. The van der Waals surface area contributed by atoms with Crippen LogP contribution in [-0.4, -0.2) is 12.6 Å². The molecule has 1 saturated heterocycles. The van der Waals surface area contributed by atoms with E-state index in [4.69, 9.17) is 4.74 Å². The molecule has 0 radical (unpaired) electrons. The van der Waals surface area contributed by atoms with Gasteiger partial charge in [0.2, 0.25) is 0 Å². The van der Waals surface area contributed by atoms with E-state index in [-0.39, 0.29) is 17.8 Å². The summed E-state index contributed by atoms with van der Waals surface area (Å²) in [5, 5.41) is 0. The molecule has 138 valence electrons. The monoisotopic (exact) mass is 350 g/mol. The standard InChI is InChI=1S/C24H30O2/c1-14-7-16(3)21(17(4)8-14)11-20-13-26-24(25)23(20)12-22-18(5)9-15(2)10-19(22)6/h7-10,20,23H,11-13H2,1-6H3/t20-,23+/m1/s1. The molecule has 0 N–H and O–H groups in total. The lowest BCUT2D eigenvalue weighted by Gasteiger charge is -2.20. The molecule has 1 aliphatic heterocycles. The summed E-state index contributed by atoms with van der Waals surface area (Å²) in [6.45, 7) is 13.5. The van der Waals surface area contributed by atoms with Crippen LogP contribution in [0.1, 0.15) is 44.5 Å². The molecule has 0 aliphatic carbocycles. The molecular weight excluding hydrogens is 320 g/mol. The van der Waals surface area contributed by atoms with E-state index >= 15 is 0 Å². The third kappa shape index (κ3) is 3.70. The van der Waals surface area contributed by atoms with Crippen LogP contribution in [0.3, 0.4) is 0 Å². The largest absolute Gasteiger partial charge is 0.465 e. The van der Waals surface area contributed by atoms with Gasteiger partial charge < -0.3 is 4.74 Å². The SMILES string of the molecule is Cc1cc(C)c(C[C@@H]2COC(=O)[C@H]2Cc2c(C)cc(C)cc2C)c(C)c1. The van der Waals surface area contributed by atoms with Gasteiger partial charge in [-0.15, -0.1) is 0 Å². The van der Waals surface area contributed by atoms with Gasteiger partial charge in [0.25, 0.3) is 0 Å². The zero-order valence-electron chi connectivity index (χ0n) is 16.9. The Bertz CT molecular complexity index is 801. The minimum absolute atomic E-state index is 0.0307. The van der Waals surface area contributed by atoms with E-state index in [1.165, 1.54) is 44.5 Å². The van der Waals surface area contributed by atoms with E-state index in [2.05, 4.69) is 65.8 Å². The number of hydrogen-bond donors (Lipinski definition) is 0. The Kier molecular flexibility index (Phi) is 5.22. The van der Waals surface area contributed by atoms with E-state index in [0.29, 0.717) is 6.61 Å². The van der Waals surface area contributed by atoms with Gasteiger partial charge in [-0.05, 0) is 87.8 Å². The number of esters is 1. The Morgan fingerprint density at radius 2 is 1.19 bits per heavy atom. The third-order valence-electron chi connectivity index (χ3n) is 5.88. The zero-order valence-corrected chi connectivity index (χ0v) is 16.9. The van der Waals surface area contributed by atoms with Crippen molar-refractivity contribution in [2.24, 2.45) is 11.8 Å². The van der Waals surface area contributed by atoms with E-state index in [1.807, 2.05) is 0 Å². The fourth-order valence-corrected chi connectivity index (χ4v) is 4.60. The Balaban J connectivity index is 1.87. The van der Waals surface area contributed by atoms with Gasteiger partial charge in [0.05, 0.1) is 12.5 Å². The highest BCUT2D eigenvalue weighted by Gasteiger charge is 2.37. The smallest absolute Gasteiger partial charge is 0.309 e. The minimum Gasteiger partial charge on any atom is -0.465 e. The van der Waals surface area contributed by atoms with Crippen molar-refractivity contribution in [3.8, 4) is 0 Å². The molecule has 1 aliphatic rings. The number of carbonyl (C=O) groups is 1. The molecule has 0 unspecified atom stereocenters.